The summed E-state index contributed by atoms with van der Waals surface area (Å²) in [6, 6.07) is 3.13. The number of alkyl halides is 6. The van der Waals surface area contributed by atoms with Gasteiger partial charge < -0.3 is 4.18 Å². The van der Waals surface area contributed by atoms with Gasteiger partial charge in [-0.15, -0.1) is 0 Å². The second kappa shape index (κ2) is 5.00. The molecule has 22 heavy (non-hydrogen) atoms. The van der Waals surface area contributed by atoms with Crippen LogP contribution in [0.2, 0.25) is 0 Å². The van der Waals surface area contributed by atoms with E-state index in [-0.39, 0.29) is 10.8 Å². The first-order chi connectivity index (χ1) is 9.90. The average Bonchev–Trinajstić information content (AvgIpc) is 2.35. The van der Waals surface area contributed by atoms with E-state index in [0.29, 0.717) is 12.1 Å². The van der Waals surface area contributed by atoms with Gasteiger partial charge in [0.15, 0.2) is 0 Å². The number of rotatable bonds is 2. The van der Waals surface area contributed by atoms with Crippen LogP contribution in [0.5, 0.6) is 5.88 Å². The van der Waals surface area contributed by atoms with Crippen LogP contribution in [-0.2, 0) is 16.3 Å². The highest BCUT2D eigenvalue weighted by atomic mass is 32.2. The molecule has 1 aromatic heterocycles. The van der Waals surface area contributed by atoms with Crippen molar-refractivity contribution in [3.05, 3.63) is 36.0 Å². The first-order valence-electron chi connectivity index (χ1n) is 5.38. The molecule has 120 valence electrons. The van der Waals surface area contributed by atoms with Crippen LogP contribution in [0, 0.1) is 0 Å². The maximum atomic E-state index is 12.6. The first kappa shape index (κ1) is 16.3. The average molecular weight is 345 g/mol. The Morgan fingerprint density at radius 3 is 2.14 bits per heavy atom. The SMILES string of the molecule is O=S(=O)(Oc1cc2cc(C(F)(F)F)ccc2cn1)C(F)(F)F. The molecule has 1 aromatic carbocycles. The van der Waals surface area contributed by atoms with Crippen LogP contribution in [0.3, 0.4) is 0 Å². The third-order valence-corrected chi connectivity index (χ3v) is 3.46. The van der Waals surface area contributed by atoms with Gasteiger partial charge in [0, 0.05) is 17.6 Å². The van der Waals surface area contributed by atoms with Gasteiger partial charge in [-0.1, -0.05) is 6.07 Å². The van der Waals surface area contributed by atoms with E-state index >= 15 is 0 Å². The van der Waals surface area contributed by atoms with E-state index in [4.69, 9.17) is 0 Å². The van der Waals surface area contributed by atoms with Crippen molar-refractivity contribution in [2.45, 2.75) is 11.7 Å². The van der Waals surface area contributed by atoms with Crippen molar-refractivity contribution in [1.82, 2.24) is 4.98 Å². The molecule has 0 atom stereocenters. The van der Waals surface area contributed by atoms with Gasteiger partial charge in [-0.05, 0) is 17.5 Å². The molecule has 0 saturated carbocycles. The molecule has 0 amide bonds. The highest BCUT2D eigenvalue weighted by molar-refractivity contribution is 7.87. The summed E-state index contributed by atoms with van der Waals surface area (Å²) in [7, 11) is -5.94. The fourth-order valence-electron chi connectivity index (χ4n) is 1.50. The molecule has 11 heteroatoms. The summed E-state index contributed by atoms with van der Waals surface area (Å²) in [5, 5.41) is 0.00181. The maximum absolute atomic E-state index is 12.6. The summed E-state index contributed by atoms with van der Waals surface area (Å²) in [4.78, 5) is 3.31. The molecule has 4 nitrogen and oxygen atoms in total. The minimum Gasteiger partial charge on any atom is -0.355 e. The summed E-state index contributed by atoms with van der Waals surface area (Å²) >= 11 is 0. The van der Waals surface area contributed by atoms with Gasteiger partial charge in [0.2, 0.25) is 5.88 Å². The van der Waals surface area contributed by atoms with Gasteiger partial charge in [0.25, 0.3) is 0 Å². The van der Waals surface area contributed by atoms with E-state index in [1.165, 1.54) is 0 Å². The van der Waals surface area contributed by atoms with Crippen molar-refractivity contribution in [3.8, 4) is 5.88 Å². The molecule has 0 spiro atoms. The molecule has 2 aromatic rings. The lowest BCUT2D eigenvalue weighted by Gasteiger charge is -2.10. The number of pyridine rings is 1. The lowest BCUT2D eigenvalue weighted by atomic mass is 10.1. The van der Waals surface area contributed by atoms with E-state index < -0.39 is 33.2 Å². The Morgan fingerprint density at radius 1 is 0.955 bits per heavy atom. The third-order valence-electron chi connectivity index (χ3n) is 2.50. The van der Waals surface area contributed by atoms with Gasteiger partial charge in [-0.3, -0.25) is 0 Å². The Bertz CT molecular complexity index is 813. The number of fused-ring (bicyclic) bond motifs is 1. The van der Waals surface area contributed by atoms with Crippen LogP contribution < -0.4 is 4.18 Å². The minimum absolute atomic E-state index is 0.169. The highest BCUT2D eigenvalue weighted by Crippen LogP contribution is 2.32. The summed E-state index contributed by atoms with van der Waals surface area (Å²) in [5.41, 5.74) is -6.71. The Kier molecular flexibility index (Phi) is 3.71. The van der Waals surface area contributed by atoms with Crippen molar-refractivity contribution >= 4 is 20.9 Å². The molecular formula is C11H5F6NO3S. The molecular weight excluding hydrogens is 340 g/mol. The molecule has 0 saturated heterocycles. The van der Waals surface area contributed by atoms with E-state index in [0.717, 1.165) is 18.3 Å². The Labute approximate surface area is 119 Å². The Morgan fingerprint density at radius 2 is 1.59 bits per heavy atom. The fourth-order valence-corrected chi connectivity index (χ4v) is 1.91. The molecule has 0 aliphatic heterocycles. The number of halogens is 6. The van der Waals surface area contributed by atoms with Crippen LogP contribution in [0.25, 0.3) is 10.8 Å². The molecule has 0 fully saturated rings. The van der Waals surface area contributed by atoms with Crippen LogP contribution >= 0.6 is 0 Å². The minimum atomic E-state index is -5.94. The quantitative estimate of drug-likeness (QED) is 0.475. The summed E-state index contributed by atoms with van der Waals surface area (Å²) in [6.07, 6.45) is -3.76. The number of hydrogen-bond acceptors (Lipinski definition) is 4. The summed E-state index contributed by atoms with van der Waals surface area (Å²) in [5.74, 6) is -0.982. The maximum Gasteiger partial charge on any atom is 0.534 e. The van der Waals surface area contributed by atoms with Gasteiger partial charge >= 0.3 is 21.8 Å². The molecule has 0 N–H and O–H groups in total. The molecule has 0 bridgehead atoms. The molecule has 0 radical (unpaired) electrons. The molecule has 0 aliphatic rings. The Balaban J connectivity index is 2.46. The van der Waals surface area contributed by atoms with E-state index in [1.807, 2.05) is 0 Å². The van der Waals surface area contributed by atoms with E-state index in [1.54, 1.807) is 0 Å². The molecule has 2 rings (SSSR count). The molecule has 1 heterocycles. The first-order valence-corrected chi connectivity index (χ1v) is 6.79. The Hall–Kier alpha value is -2.04. The lowest BCUT2D eigenvalue weighted by Crippen LogP contribution is -2.28. The van der Waals surface area contributed by atoms with Crippen molar-refractivity contribution < 1.29 is 38.9 Å². The zero-order valence-corrected chi connectivity index (χ0v) is 11.1. The third kappa shape index (κ3) is 3.24. The van der Waals surface area contributed by atoms with Gasteiger partial charge in [0.1, 0.15) is 0 Å². The van der Waals surface area contributed by atoms with Gasteiger partial charge in [0.05, 0.1) is 5.56 Å². The monoisotopic (exact) mass is 345 g/mol. The largest absolute Gasteiger partial charge is 0.534 e. The van der Waals surface area contributed by atoms with Crippen molar-refractivity contribution in [3.63, 3.8) is 0 Å². The van der Waals surface area contributed by atoms with Crippen molar-refractivity contribution in [1.29, 1.82) is 0 Å². The second-order valence-electron chi connectivity index (χ2n) is 4.07. The van der Waals surface area contributed by atoms with E-state index in [9.17, 15) is 34.8 Å². The van der Waals surface area contributed by atoms with Crippen molar-refractivity contribution in [2.75, 3.05) is 0 Å². The predicted molar refractivity (Wildman–Crippen MR) is 62.3 cm³/mol. The number of aromatic nitrogens is 1. The number of nitrogens with zero attached hydrogens (tertiary/aromatic N) is 1. The smallest absolute Gasteiger partial charge is 0.355 e. The zero-order valence-electron chi connectivity index (χ0n) is 10.2. The van der Waals surface area contributed by atoms with Crippen LogP contribution in [0.15, 0.2) is 30.5 Å². The molecule has 0 aliphatic carbocycles. The molecule has 0 unspecified atom stereocenters. The second-order valence-corrected chi connectivity index (χ2v) is 5.60. The van der Waals surface area contributed by atoms with Crippen molar-refractivity contribution in [2.24, 2.45) is 0 Å². The lowest BCUT2D eigenvalue weighted by molar-refractivity contribution is -0.137. The van der Waals surface area contributed by atoms with Crippen LogP contribution in [0.1, 0.15) is 5.56 Å². The number of hydrogen-bond donors (Lipinski definition) is 0. The summed E-state index contributed by atoms with van der Waals surface area (Å²) in [6.45, 7) is 0. The predicted octanol–water partition coefficient (Wildman–Crippen LogP) is 3.48. The fraction of sp³-hybridized carbons (Fsp3) is 0.182. The highest BCUT2D eigenvalue weighted by Gasteiger charge is 2.48. The zero-order chi connectivity index (χ0) is 16.8. The van der Waals surface area contributed by atoms with E-state index in [2.05, 4.69) is 9.17 Å². The standard InChI is InChI=1S/C11H5F6NO3S/c12-10(13,14)8-2-1-6-5-18-9(4-7(6)3-8)21-22(19,20)11(15,16)17/h1-5H. The van der Waals surface area contributed by atoms with Gasteiger partial charge in [-0.25, -0.2) is 4.98 Å². The van der Waals surface area contributed by atoms with Gasteiger partial charge in [-0.2, -0.15) is 34.8 Å². The topological polar surface area (TPSA) is 56.3 Å². The number of benzene rings is 1. The van der Waals surface area contributed by atoms with Crippen LogP contribution in [-0.4, -0.2) is 18.9 Å². The van der Waals surface area contributed by atoms with Crippen LogP contribution in [0.4, 0.5) is 26.3 Å². The normalized spacial score (nSPS) is 13.4. The summed E-state index contributed by atoms with van der Waals surface area (Å²) < 4.78 is 99.5.